The Morgan fingerprint density at radius 3 is 3.03 bits per heavy atom. The van der Waals surface area contributed by atoms with E-state index in [-0.39, 0.29) is 12.0 Å². The summed E-state index contributed by atoms with van der Waals surface area (Å²) in [7, 11) is 1.71. The van der Waals surface area contributed by atoms with Crippen LogP contribution in [-0.4, -0.2) is 70.7 Å². The second-order valence-corrected chi connectivity index (χ2v) is 8.15. The third kappa shape index (κ3) is 6.00. The zero-order valence-electron chi connectivity index (χ0n) is 17.8. The lowest BCUT2D eigenvalue weighted by Gasteiger charge is -2.25. The van der Waals surface area contributed by atoms with Crippen LogP contribution in [-0.2, 0) is 4.74 Å². The van der Waals surface area contributed by atoms with Crippen molar-refractivity contribution >= 4 is 11.6 Å². The van der Waals surface area contributed by atoms with Gasteiger partial charge >= 0.3 is 0 Å². The number of nitrogens with one attached hydrogen (secondary N) is 2. The molecule has 1 aromatic carbocycles. The number of aliphatic hydroxyl groups excluding tert-OH is 1. The van der Waals surface area contributed by atoms with E-state index in [1.165, 1.54) is 5.69 Å². The summed E-state index contributed by atoms with van der Waals surface area (Å²) < 4.78 is 10.9. The van der Waals surface area contributed by atoms with E-state index in [2.05, 4.69) is 34.6 Å². The molecule has 2 atom stereocenters. The Morgan fingerprint density at radius 1 is 1.41 bits per heavy atom. The molecule has 7 heteroatoms. The highest BCUT2D eigenvalue weighted by atomic mass is 16.5. The average Bonchev–Trinajstić information content (AvgIpc) is 3.41. The molecule has 0 bridgehead atoms. The number of methoxy groups -OCH3 is 1. The van der Waals surface area contributed by atoms with E-state index in [1.807, 2.05) is 12.1 Å². The molecule has 2 saturated heterocycles. The van der Waals surface area contributed by atoms with Gasteiger partial charge in [0.1, 0.15) is 5.75 Å². The van der Waals surface area contributed by atoms with Gasteiger partial charge in [0, 0.05) is 56.6 Å². The van der Waals surface area contributed by atoms with Crippen molar-refractivity contribution in [3.63, 3.8) is 0 Å². The van der Waals surface area contributed by atoms with Crippen LogP contribution in [0.25, 0.3) is 0 Å². The lowest BCUT2D eigenvalue weighted by molar-refractivity contribution is 0.131. The van der Waals surface area contributed by atoms with Crippen LogP contribution < -0.4 is 20.3 Å². The maximum absolute atomic E-state index is 9.41. The lowest BCUT2D eigenvalue weighted by Crippen LogP contribution is -2.41. The normalized spacial score (nSPS) is 24.7. The molecule has 0 amide bonds. The first-order chi connectivity index (χ1) is 14.2. The van der Waals surface area contributed by atoms with Crippen LogP contribution in [0.15, 0.2) is 29.3 Å². The Bertz CT molecular complexity index is 661. The summed E-state index contributed by atoms with van der Waals surface area (Å²) in [6.07, 6.45) is 2.87. The lowest BCUT2D eigenvalue weighted by atomic mass is 9.84. The van der Waals surface area contributed by atoms with Crippen LogP contribution in [0.2, 0.25) is 0 Å². The molecule has 2 aliphatic heterocycles. The highest BCUT2D eigenvalue weighted by Gasteiger charge is 2.34. The Kier molecular flexibility index (Phi) is 8.00. The summed E-state index contributed by atoms with van der Waals surface area (Å²) in [5, 5.41) is 16.3. The van der Waals surface area contributed by atoms with Gasteiger partial charge in [-0.05, 0) is 44.2 Å². The molecule has 2 heterocycles. The Balaban J connectivity index is 1.52. The van der Waals surface area contributed by atoms with Crippen molar-refractivity contribution < 1.29 is 14.6 Å². The van der Waals surface area contributed by atoms with Crippen LogP contribution >= 0.6 is 0 Å². The molecule has 0 radical (unpaired) electrons. The van der Waals surface area contributed by atoms with E-state index in [9.17, 15) is 5.11 Å². The first-order valence-corrected chi connectivity index (χ1v) is 10.8. The minimum absolute atomic E-state index is 0.0202. The summed E-state index contributed by atoms with van der Waals surface area (Å²) >= 11 is 0. The van der Waals surface area contributed by atoms with E-state index in [0.29, 0.717) is 19.1 Å². The van der Waals surface area contributed by atoms with Crippen molar-refractivity contribution in [2.75, 3.05) is 64.6 Å². The van der Waals surface area contributed by atoms with E-state index in [1.54, 1.807) is 7.11 Å². The molecule has 29 heavy (non-hydrogen) atoms. The maximum Gasteiger partial charge on any atom is 0.191 e. The average molecular weight is 405 g/mol. The summed E-state index contributed by atoms with van der Waals surface area (Å²) in [6, 6.07) is 8.28. The minimum atomic E-state index is -0.0202. The van der Waals surface area contributed by atoms with Gasteiger partial charge in [-0.25, -0.2) is 0 Å². The fourth-order valence-electron chi connectivity index (χ4n) is 4.16. The zero-order chi connectivity index (χ0) is 20.5. The topological polar surface area (TPSA) is 78.4 Å². The molecular formula is C22H36N4O3. The Hall–Kier alpha value is -1.99. The van der Waals surface area contributed by atoms with Crippen LogP contribution in [0.5, 0.6) is 5.75 Å². The van der Waals surface area contributed by atoms with Crippen LogP contribution in [0, 0.1) is 11.3 Å². The Labute approximate surface area is 174 Å². The smallest absolute Gasteiger partial charge is 0.191 e. The van der Waals surface area contributed by atoms with E-state index >= 15 is 0 Å². The number of rotatable bonds is 9. The standard InChI is InChI=1S/C22H36N4O3/c1-3-23-21(25-16-22(8-11-27)9-12-29-17-22)24-14-18-7-10-26(15-18)19-5-4-6-20(13-19)28-2/h4-6,13,18,27H,3,7-12,14-17H2,1-2H3,(H2,23,24,25). The number of nitrogens with zero attached hydrogens (tertiary/aromatic N) is 2. The predicted molar refractivity (Wildman–Crippen MR) is 117 cm³/mol. The predicted octanol–water partition coefficient (Wildman–Crippen LogP) is 1.87. The monoisotopic (exact) mass is 404 g/mol. The van der Waals surface area contributed by atoms with Crippen molar-refractivity contribution in [1.82, 2.24) is 10.6 Å². The van der Waals surface area contributed by atoms with Gasteiger partial charge < -0.3 is 30.1 Å². The molecule has 2 unspecified atom stereocenters. The molecule has 1 aromatic rings. The second kappa shape index (κ2) is 10.7. The van der Waals surface area contributed by atoms with Crippen LogP contribution in [0.1, 0.15) is 26.2 Å². The number of benzene rings is 1. The van der Waals surface area contributed by atoms with Crippen LogP contribution in [0.3, 0.4) is 0 Å². The van der Waals surface area contributed by atoms with Gasteiger partial charge in [0.15, 0.2) is 5.96 Å². The SMILES string of the molecule is CCNC(=NCC1(CCO)CCOC1)NCC1CCN(c2cccc(OC)c2)C1. The maximum atomic E-state index is 9.41. The number of guanidine groups is 1. The molecule has 0 aliphatic carbocycles. The van der Waals surface area contributed by atoms with Crippen molar-refractivity contribution in [3.05, 3.63) is 24.3 Å². The summed E-state index contributed by atoms with van der Waals surface area (Å²) in [4.78, 5) is 7.24. The highest BCUT2D eigenvalue weighted by Crippen LogP contribution is 2.32. The summed E-state index contributed by atoms with van der Waals surface area (Å²) in [5.41, 5.74) is 1.20. The van der Waals surface area contributed by atoms with E-state index < -0.39 is 0 Å². The van der Waals surface area contributed by atoms with Gasteiger partial charge in [0.2, 0.25) is 0 Å². The number of hydrogen-bond acceptors (Lipinski definition) is 5. The molecule has 0 aromatic heterocycles. The molecule has 7 nitrogen and oxygen atoms in total. The molecule has 0 saturated carbocycles. The van der Waals surface area contributed by atoms with E-state index in [4.69, 9.17) is 14.5 Å². The third-order valence-electron chi connectivity index (χ3n) is 6.01. The fraction of sp³-hybridized carbons (Fsp3) is 0.682. The van der Waals surface area contributed by atoms with Gasteiger partial charge in [-0.3, -0.25) is 4.99 Å². The van der Waals surface area contributed by atoms with Crippen molar-refractivity contribution in [2.45, 2.75) is 26.2 Å². The number of ether oxygens (including phenoxy) is 2. The first kappa shape index (κ1) is 21.7. The number of aliphatic imine (C=N–C) groups is 1. The molecule has 2 aliphatic rings. The first-order valence-electron chi connectivity index (χ1n) is 10.8. The fourth-order valence-corrected chi connectivity index (χ4v) is 4.16. The second-order valence-electron chi connectivity index (χ2n) is 8.15. The Morgan fingerprint density at radius 2 is 2.31 bits per heavy atom. The van der Waals surface area contributed by atoms with Crippen molar-refractivity contribution in [2.24, 2.45) is 16.3 Å². The largest absolute Gasteiger partial charge is 0.497 e. The summed E-state index contributed by atoms with van der Waals surface area (Å²) in [5.74, 6) is 2.33. The van der Waals surface area contributed by atoms with Crippen molar-refractivity contribution in [3.8, 4) is 5.75 Å². The molecule has 162 valence electrons. The molecule has 3 N–H and O–H groups in total. The van der Waals surface area contributed by atoms with Gasteiger partial charge in [-0.2, -0.15) is 0 Å². The van der Waals surface area contributed by atoms with Gasteiger partial charge in [-0.15, -0.1) is 0 Å². The van der Waals surface area contributed by atoms with Crippen molar-refractivity contribution in [1.29, 1.82) is 0 Å². The highest BCUT2D eigenvalue weighted by molar-refractivity contribution is 5.79. The summed E-state index contributed by atoms with van der Waals surface area (Å²) in [6.45, 7) is 8.22. The molecule has 2 fully saturated rings. The molecular weight excluding hydrogens is 368 g/mol. The molecule has 0 spiro atoms. The molecule has 3 rings (SSSR count). The van der Waals surface area contributed by atoms with Gasteiger partial charge in [0.25, 0.3) is 0 Å². The minimum Gasteiger partial charge on any atom is -0.497 e. The van der Waals surface area contributed by atoms with Gasteiger partial charge in [0.05, 0.1) is 20.3 Å². The number of hydrogen-bond donors (Lipinski definition) is 3. The quantitative estimate of drug-likeness (QED) is 0.431. The van der Waals surface area contributed by atoms with Crippen LogP contribution in [0.4, 0.5) is 5.69 Å². The van der Waals surface area contributed by atoms with E-state index in [0.717, 1.165) is 63.8 Å². The van der Waals surface area contributed by atoms with Gasteiger partial charge in [-0.1, -0.05) is 6.07 Å². The number of anilines is 1. The zero-order valence-corrected chi connectivity index (χ0v) is 17.8. The third-order valence-corrected chi connectivity index (χ3v) is 6.01. The number of aliphatic hydroxyl groups is 1.